The van der Waals surface area contributed by atoms with Crippen LogP contribution in [0.25, 0.3) is 11.3 Å². The molecule has 0 radical (unpaired) electrons. The van der Waals surface area contributed by atoms with E-state index in [0.29, 0.717) is 12.4 Å². The highest BCUT2D eigenvalue weighted by Crippen LogP contribution is 2.24. The molecule has 0 saturated carbocycles. The molecule has 3 N–H and O–H groups in total. The van der Waals surface area contributed by atoms with E-state index in [-0.39, 0.29) is 19.5 Å². The first-order valence-electron chi connectivity index (χ1n) is 9.83. The molecule has 7 heteroatoms. The van der Waals surface area contributed by atoms with Gasteiger partial charge < -0.3 is 16.0 Å². The van der Waals surface area contributed by atoms with Crippen molar-refractivity contribution in [1.82, 2.24) is 20.3 Å². The zero-order valence-electron chi connectivity index (χ0n) is 16.7. The molecule has 2 aromatic heterocycles. The molecule has 1 unspecified atom stereocenters. The van der Waals surface area contributed by atoms with Gasteiger partial charge in [0.25, 0.3) is 0 Å². The Morgan fingerprint density at radius 3 is 2.50 bits per heavy atom. The third-order valence-corrected chi connectivity index (χ3v) is 4.40. The lowest BCUT2D eigenvalue weighted by Gasteiger charge is -2.19. The Bertz CT molecular complexity index is 914. The predicted molar refractivity (Wildman–Crippen MR) is 122 cm³/mol. The van der Waals surface area contributed by atoms with Gasteiger partial charge in [-0.2, -0.15) is 0 Å². The number of benzene rings is 1. The van der Waals surface area contributed by atoms with Gasteiger partial charge in [0, 0.05) is 30.2 Å². The molecule has 7 nitrogen and oxygen atoms in total. The molecule has 1 atom stereocenters. The normalized spacial score (nSPS) is 11.1. The molecule has 0 aliphatic rings. The number of nitrogens with zero attached hydrogens (tertiary/aromatic N) is 3. The van der Waals surface area contributed by atoms with Crippen molar-refractivity contribution >= 4 is 17.5 Å². The highest BCUT2D eigenvalue weighted by Gasteiger charge is 2.12. The van der Waals surface area contributed by atoms with Crippen LogP contribution in [0, 0.1) is 0 Å². The van der Waals surface area contributed by atoms with Crippen LogP contribution in [-0.4, -0.2) is 27.5 Å². The number of hydrogen-bond donors (Lipinski definition) is 3. The number of aromatic nitrogens is 3. The first kappa shape index (κ1) is 22.8. The lowest BCUT2D eigenvalue weighted by atomic mass is 10.0. The van der Waals surface area contributed by atoms with Crippen molar-refractivity contribution in [2.24, 2.45) is 0 Å². The van der Waals surface area contributed by atoms with E-state index < -0.39 is 0 Å². The summed E-state index contributed by atoms with van der Waals surface area (Å²) >= 11 is 0. The molecular formula is C23H30N6O. The van der Waals surface area contributed by atoms with Crippen LogP contribution < -0.4 is 16.0 Å². The maximum absolute atomic E-state index is 11.6. The minimum atomic E-state index is -0.219. The Morgan fingerprint density at radius 2 is 1.83 bits per heavy atom. The van der Waals surface area contributed by atoms with Gasteiger partial charge in [-0.3, -0.25) is 9.97 Å². The summed E-state index contributed by atoms with van der Waals surface area (Å²) in [6.07, 6.45) is 9.13. The van der Waals surface area contributed by atoms with Gasteiger partial charge >= 0.3 is 6.03 Å². The lowest BCUT2D eigenvalue weighted by Crippen LogP contribution is -2.28. The highest BCUT2D eigenvalue weighted by atomic mass is 16.2. The van der Waals surface area contributed by atoms with E-state index in [1.807, 2.05) is 43.5 Å². The van der Waals surface area contributed by atoms with Crippen molar-refractivity contribution < 1.29 is 4.79 Å². The number of carbonyl (C=O) groups excluding carboxylic acids is 1. The summed E-state index contributed by atoms with van der Waals surface area (Å²) in [5.41, 5.74) is 3.54. The van der Waals surface area contributed by atoms with E-state index in [1.54, 1.807) is 18.6 Å². The molecule has 2 heterocycles. The molecular weight excluding hydrogens is 376 g/mol. The van der Waals surface area contributed by atoms with E-state index in [2.05, 4.69) is 38.9 Å². The summed E-state index contributed by atoms with van der Waals surface area (Å²) in [7, 11) is 0. The molecule has 0 fully saturated rings. The van der Waals surface area contributed by atoms with Gasteiger partial charge in [-0.15, -0.1) is 0 Å². The monoisotopic (exact) mass is 406 g/mol. The maximum Gasteiger partial charge on any atom is 0.319 e. The Hall–Kier alpha value is -3.48. The topological polar surface area (TPSA) is 91.8 Å². The van der Waals surface area contributed by atoms with E-state index in [9.17, 15) is 4.79 Å². The minimum absolute atomic E-state index is 0. The molecule has 30 heavy (non-hydrogen) atoms. The van der Waals surface area contributed by atoms with Crippen molar-refractivity contribution in [3.05, 3.63) is 66.7 Å². The molecule has 3 aromatic rings. The average molecular weight is 407 g/mol. The summed E-state index contributed by atoms with van der Waals surface area (Å²) in [6, 6.07) is 11.4. The first-order valence-corrected chi connectivity index (χ1v) is 9.83. The van der Waals surface area contributed by atoms with Gasteiger partial charge in [0.15, 0.2) is 0 Å². The molecule has 0 spiro atoms. The zero-order valence-corrected chi connectivity index (χ0v) is 16.7. The van der Waals surface area contributed by atoms with Crippen molar-refractivity contribution in [1.29, 1.82) is 0 Å². The predicted octanol–water partition coefficient (Wildman–Crippen LogP) is 5.27. The van der Waals surface area contributed by atoms with Crippen molar-refractivity contribution in [2.45, 2.75) is 40.2 Å². The number of pyridine rings is 1. The Morgan fingerprint density at radius 1 is 1.03 bits per heavy atom. The summed E-state index contributed by atoms with van der Waals surface area (Å²) in [5.74, 6) is 0.717. The maximum atomic E-state index is 11.6. The van der Waals surface area contributed by atoms with Crippen LogP contribution in [0.4, 0.5) is 16.3 Å². The molecule has 1 aromatic carbocycles. The minimum Gasteiger partial charge on any atom is -0.362 e. The fraction of sp³-hybridized carbons (Fsp3) is 0.304. The number of urea groups is 1. The van der Waals surface area contributed by atoms with Crippen molar-refractivity contribution in [3.8, 4) is 11.3 Å². The first-order chi connectivity index (χ1) is 14.2. The largest absolute Gasteiger partial charge is 0.362 e. The van der Waals surface area contributed by atoms with Crippen LogP contribution in [0.2, 0.25) is 0 Å². The summed E-state index contributed by atoms with van der Waals surface area (Å²) in [6.45, 7) is 4.61. The second-order valence-corrected chi connectivity index (χ2v) is 6.62. The third-order valence-electron chi connectivity index (χ3n) is 4.40. The van der Waals surface area contributed by atoms with E-state index >= 15 is 0 Å². The van der Waals surface area contributed by atoms with Crippen LogP contribution in [0.15, 0.2) is 61.2 Å². The molecule has 0 aliphatic carbocycles. The molecule has 0 saturated heterocycles. The Labute approximate surface area is 178 Å². The molecule has 0 bridgehead atoms. The number of nitrogens with one attached hydrogen (secondary N) is 3. The van der Waals surface area contributed by atoms with E-state index in [0.717, 1.165) is 35.3 Å². The summed E-state index contributed by atoms with van der Waals surface area (Å²) < 4.78 is 0. The van der Waals surface area contributed by atoms with Gasteiger partial charge in [0.05, 0.1) is 24.1 Å². The van der Waals surface area contributed by atoms with Gasteiger partial charge in [-0.05, 0) is 37.1 Å². The van der Waals surface area contributed by atoms with Gasteiger partial charge in [-0.25, -0.2) is 9.78 Å². The average Bonchev–Trinajstić information content (AvgIpc) is 2.75. The van der Waals surface area contributed by atoms with Gasteiger partial charge in [-0.1, -0.05) is 39.0 Å². The quantitative estimate of drug-likeness (QED) is 0.474. The third kappa shape index (κ3) is 6.27. The zero-order chi connectivity index (χ0) is 20.5. The lowest BCUT2D eigenvalue weighted by molar-refractivity contribution is 0.252. The Kier molecular flexibility index (Phi) is 8.75. The standard InChI is InChI=1S/C22H26N6O.CH4/c1-3-6-19(17-7-5-12-23-13-17)27-21-15-24-14-20(28-21)16-8-10-18(11-9-16)26-22(29)25-4-2;/h5,7-15,19H,3-4,6H2,1-2H3,(H,27,28)(H2,25,26,29);1H4. The van der Waals surface area contributed by atoms with Crippen LogP contribution in [-0.2, 0) is 0 Å². The van der Waals surface area contributed by atoms with Crippen LogP contribution in [0.1, 0.15) is 45.7 Å². The van der Waals surface area contributed by atoms with Crippen LogP contribution >= 0.6 is 0 Å². The van der Waals surface area contributed by atoms with Gasteiger partial charge in [0.2, 0.25) is 0 Å². The molecule has 2 amide bonds. The fourth-order valence-corrected chi connectivity index (χ4v) is 3.01. The number of amides is 2. The number of anilines is 2. The molecule has 3 rings (SSSR count). The summed E-state index contributed by atoms with van der Waals surface area (Å²) in [5, 5.41) is 8.97. The molecule has 0 aliphatic heterocycles. The van der Waals surface area contributed by atoms with E-state index in [4.69, 9.17) is 4.98 Å². The SMILES string of the molecule is C.CCCC(Nc1cncc(-c2ccc(NC(=O)NCC)cc2)n1)c1cccnc1. The number of rotatable bonds is 8. The number of carbonyl (C=O) groups is 1. The van der Waals surface area contributed by atoms with Crippen LogP contribution in [0.5, 0.6) is 0 Å². The van der Waals surface area contributed by atoms with Crippen LogP contribution in [0.3, 0.4) is 0 Å². The molecule has 158 valence electrons. The second-order valence-electron chi connectivity index (χ2n) is 6.62. The Balaban J connectivity index is 0.00000320. The second kappa shape index (κ2) is 11.5. The van der Waals surface area contributed by atoms with Crippen molar-refractivity contribution in [3.63, 3.8) is 0 Å². The number of hydrogen-bond acceptors (Lipinski definition) is 5. The fourth-order valence-electron chi connectivity index (χ4n) is 3.01. The smallest absolute Gasteiger partial charge is 0.319 e. The summed E-state index contributed by atoms with van der Waals surface area (Å²) in [4.78, 5) is 24.9. The van der Waals surface area contributed by atoms with E-state index in [1.165, 1.54) is 0 Å². The van der Waals surface area contributed by atoms with Gasteiger partial charge in [0.1, 0.15) is 5.82 Å². The highest BCUT2D eigenvalue weighted by molar-refractivity contribution is 5.89. The van der Waals surface area contributed by atoms with Crippen molar-refractivity contribution in [2.75, 3.05) is 17.2 Å².